The number of hydrogen-bond acceptors (Lipinski definition) is 8. The lowest BCUT2D eigenvalue weighted by atomic mass is 10.0. The molecule has 0 unspecified atom stereocenters. The molecule has 0 spiro atoms. The van der Waals surface area contributed by atoms with Crippen molar-refractivity contribution in [3.8, 4) is 5.75 Å². The molecule has 2 heterocycles. The van der Waals surface area contributed by atoms with Crippen molar-refractivity contribution < 1.29 is 33.5 Å². The number of aryl methyl sites for hydroxylation is 2. The Bertz CT molecular complexity index is 1490. The molecule has 3 rings (SSSR count). The number of fused-ring (bicyclic) bond motifs is 1. The van der Waals surface area contributed by atoms with Gasteiger partial charge in [-0.1, -0.05) is 26.0 Å². The number of hydrogen-bond donors (Lipinski definition) is 6. The minimum Gasteiger partial charge on any atom is -0.491 e. The maximum Gasteiger partial charge on any atom is 0.255 e. The van der Waals surface area contributed by atoms with Crippen LogP contribution >= 0.6 is 0 Å². The number of aromatic nitrogens is 2. The minimum absolute atomic E-state index is 0.00678. The van der Waals surface area contributed by atoms with Crippen LogP contribution in [0.15, 0.2) is 24.3 Å². The van der Waals surface area contributed by atoms with Gasteiger partial charge < -0.3 is 37.1 Å². The molecule has 1 aromatic carbocycles. The second-order valence-corrected chi connectivity index (χ2v) is 12.1. The Labute approximate surface area is 274 Å². The van der Waals surface area contributed by atoms with Gasteiger partial charge in [-0.05, 0) is 57.2 Å². The molecule has 1 aromatic heterocycles. The van der Waals surface area contributed by atoms with E-state index in [-0.39, 0.29) is 43.2 Å². The quantitative estimate of drug-likeness (QED) is 0.221. The van der Waals surface area contributed by atoms with Crippen molar-refractivity contribution in [2.45, 2.75) is 84.5 Å². The highest BCUT2D eigenvalue weighted by atomic mass is 16.5. The van der Waals surface area contributed by atoms with Crippen LogP contribution in [0.5, 0.6) is 5.75 Å². The van der Waals surface area contributed by atoms with E-state index in [4.69, 9.17) is 10.5 Å². The van der Waals surface area contributed by atoms with Crippen LogP contribution < -0.4 is 37.1 Å². The van der Waals surface area contributed by atoms with Crippen LogP contribution in [-0.2, 0) is 37.4 Å². The van der Waals surface area contributed by atoms with Gasteiger partial charge in [-0.15, -0.1) is 0 Å². The summed E-state index contributed by atoms with van der Waals surface area (Å²) in [6.07, 6.45) is -0.435. The van der Waals surface area contributed by atoms with Crippen molar-refractivity contribution >= 4 is 35.4 Å². The number of para-hydroxylation sites is 1. The Morgan fingerprint density at radius 1 is 1.06 bits per heavy atom. The minimum atomic E-state index is -1.34. The zero-order valence-electron chi connectivity index (χ0n) is 27.8. The first-order chi connectivity index (χ1) is 22.2. The van der Waals surface area contributed by atoms with Crippen LogP contribution in [0.25, 0.3) is 0 Å². The Kier molecular flexibility index (Phi) is 12.9. The summed E-state index contributed by atoms with van der Waals surface area (Å²) in [7, 11) is 1.83. The van der Waals surface area contributed by atoms with E-state index in [1.54, 1.807) is 43.7 Å². The van der Waals surface area contributed by atoms with Gasteiger partial charge in [0.25, 0.3) is 5.91 Å². The molecule has 0 bridgehead atoms. The predicted octanol–water partition coefficient (Wildman–Crippen LogP) is -0.327. The molecule has 0 saturated carbocycles. The molecule has 0 aliphatic carbocycles. The smallest absolute Gasteiger partial charge is 0.255 e. The highest BCUT2D eigenvalue weighted by molar-refractivity contribution is 6.01. The zero-order chi connectivity index (χ0) is 34.8. The number of nitrogens with one attached hydrogen (secondary N) is 5. The lowest BCUT2D eigenvalue weighted by Crippen LogP contribution is -2.57. The molecule has 4 atom stereocenters. The van der Waals surface area contributed by atoms with Gasteiger partial charge in [0.2, 0.25) is 29.5 Å². The highest BCUT2D eigenvalue weighted by Crippen LogP contribution is 2.19. The van der Waals surface area contributed by atoms with E-state index < -0.39 is 66.0 Å². The summed E-state index contributed by atoms with van der Waals surface area (Å²) in [4.78, 5) is 78.4. The number of nitrogens with two attached hydrogens (primary N) is 1. The second kappa shape index (κ2) is 16.6. The number of ether oxygens (including phenoxy) is 1. The molecule has 0 radical (unpaired) electrons. The first-order valence-corrected chi connectivity index (χ1v) is 15.7. The molecule has 1 aliphatic rings. The molecule has 2 aromatic rings. The summed E-state index contributed by atoms with van der Waals surface area (Å²) >= 11 is 0. The van der Waals surface area contributed by atoms with Crippen molar-refractivity contribution in [2.75, 3.05) is 13.2 Å². The molecule has 256 valence electrons. The fourth-order valence-electron chi connectivity index (χ4n) is 5.21. The van der Waals surface area contributed by atoms with Crippen molar-refractivity contribution in [2.24, 2.45) is 18.7 Å². The van der Waals surface area contributed by atoms with Crippen molar-refractivity contribution in [1.29, 1.82) is 0 Å². The number of rotatable bonds is 8. The first kappa shape index (κ1) is 36.5. The molecule has 15 nitrogen and oxygen atoms in total. The number of amides is 6. The van der Waals surface area contributed by atoms with E-state index in [9.17, 15) is 28.8 Å². The van der Waals surface area contributed by atoms with Gasteiger partial charge in [0.15, 0.2) is 0 Å². The average Bonchev–Trinajstić information content (AvgIpc) is 3.25. The predicted molar refractivity (Wildman–Crippen MR) is 172 cm³/mol. The summed E-state index contributed by atoms with van der Waals surface area (Å²) in [5.41, 5.74) is 8.19. The number of benzene rings is 1. The number of nitrogens with zero attached hydrogens (tertiary/aromatic N) is 2. The van der Waals surface area contributed by atoms with Crippen LogP contribution in [0.1, 0.15) is 67.3 Å². The van der Waals surface area contributed by atoms with Crippen LogP contribution in [0.3, 0.4) is 0 Å². The normalized spacial score (nSPS) is 21.3. The van der Waals surface area contributed by atoms with Crippen LogP contribution in [0.2, 0.25) is 0 Å². The van der Waals surface area contributed by atoms with Gasteiger partial charge in [-0.2, -0.15) is 5.10 Å². The van der Waals surface area contributed by atoms with Crippen molar-refractivity contribution in [3.05, 3.63) is 46.8 Å². The molecular formula is C32H46N8O7. The summed E-state index contributed by atoms with van der Waals surface area (Å²) in [5, 5.41) is 17.9. The first-order valence-electron chi connectivity index (χ1n) is 15.7. The molecule has 1 aliphatic heterocycles. The summed E-state index contributed by atoms with van der Waals surface area (Å²) in [6.45, 7) is 9.20. The van der Waals surface area contributed by atoms with E-state index in [2.05, 4.69) is 31.7 Å². The molecular weight excluding hydrogens is 608 g/mol. The third kappa shape index (κ3) is 10.3. The fraction of sp³-hybridized carbons (Fsp3) is 0.531. The van der Waals surface area contributed by atoms with Crippen LogP contribution in [0.4, 0.5) is 0 Å². The van der Waals surface area contributed by atoms with Gasteiger partial charge in [0.05, 0.1) is 23.7 Å². The van der Waals surface area contributed by atoms with Crippen molar-refractivity contribution in [1.82, 2.24) is 36.4 Å². The molecule has 0 saturated heterocycles. The molecule has 6 amide bonds. The Morgan fingerprint density at radius 2 is 1.77 bits per heavy atom. The Morgan fingerprint density at radius 3 is 2.40 bits per heavy atom. The van der Waals surface area contributed by atoms with Gasteiger partial charge in [0.1, 0.15) is 30.5 Å². The third-order valence-electron chi connectivity index (χ3n) is 7.93. The van der Waals surface area contributed by atoms with Gasteiger partial charge in [-0.25, -0.2) is 0 Å². The van der Waals surface area contributed by atoms with E-state index in [0.29, 0.717) is 6.42 Å². The Hall–Kier alpha value is -4.95. The SMILES string of the molecule is Cc1nn(C)c(C)c1CCNC(=O)[C@@H]1CC(=O)N[C@@H](CCC(N)=O)C(=O)N[C@H](C(C)C)C(=O)N[C@@H](C)COc2ccccc2C(=O)N1. The van der Waals surface area contributed by atoms with E-state index in [1.165, 1.54) is 6.07 Å². The van der Waals surface area contributed by atoms with Gasteiger partial charge in [-0.3, -0.25) is 33.4 Å². The van der Waals surface area contributed by atoms with Crippen LogP contribution in [0, 0.1) is 19.8 Å². The van der Waals surface area contributed by atoms with E-state index in [0.717, 1.165) is 17.0 Å². The highest BCUT2D eigenvalue weighted by Gasteiger charge is 2.32. The summed E-state index contributed by atoms with van der Waals surface area (Å²) < 4.78 is 7.64. The number of carbonyl (C=O) groups is 6. The summed E-state index contributed by atoms with van der Waals surface area (Å²) in [6, 6.07) is 2.31. The topological polar surface area (TPSA) is 216 Å². The zero-order valence-corrected chi connectivity index (χ0v) is 27.8. The largest absolute Gasteiger partial charge is 0.491 e. The lowest BCUT2D eigenvalue weighted by molar-refractivity contribution is -0.134. The third-order valence-corrected chi connectivity index (χ3v) is 7.93. The number of carbonyl (C=O) groups excluding carboxylic acids is 6. The molecule has 15 heteroatoms. The average molecular weight is 655 g/mol. The maximum atomic E-state index is 13.5. The molecule has 47 heavy (non-hydrogen) atoms. The molecule has 7 N–H and O–H groups in total. The standard InChI is InChI=1S/C32H46N8O7/c1-17(2)28-32(46)35-18(3)16-47-25-10-8-7-9-22(25)29(43)37-24(15-27(42)36-23(31(45)38-28)11-12-26(33)41)30(44)34-14-13-21-19(4)39-40(6)20(21)5/h7-10,17-18,23-24,28H,11-16H2,1-6H3,(H2,33,41)(H,34,44)(H,35,46)(H,36,42)(H,37,43)(H,38,45)/t18-,23-,24-,28+/m0/s1. The maximum absolute atomic E-state index is 13.5. The van der Waals surface area contributed by atoms with E-state index in [1.807, 2.05) is 20.9 Å². The Balaban J connectivity index is 1.92. The van der Waals surface area contributed by atoms with Gasteiger partial charge >= 0.3 is 0 Å². The second-order valence-electron chi connectivity index (χ2n) is 12.1. The monoisotopic (exact) mass is 654 g/mol. The molecule has 0 fully saturated rings. The van der Waals surface area contributed by atoms with Crippen molar-refractivity contribution in [3.63, 3.8) is 0 Å². The fourth-order valence-corrected chi connectivity index (χ4v) is 5.21. The van der Waals surface area contributed by atoms with Gasteiger partial charge in [0, 0.05) is 25.7 Å². The number of primary amides is 1. The van der Waals surface area contributed by atoms with E-state index >= 15 is 0 Å². The lowest BCUT2D eigenvalue weighted by Gasteiger charge is -2.26. The summed E-state index contributed by atoms with van der Waals surface area (Å²) in [5.74, 6) is -4.04. The van der Waals surface area contributed by atoms with Crippen LogP contribution in [-0.4, -0.2) is 82.5 Å².